The number of hydrogen-bond acceptors (Lipinski definition) is 5. The minimum absolute atomic E-state index is 0.0622. The molecule has 0 saturated carbocycles. The predicted octanol–water partition coefficient (Wildman–Crippen LogP) is 12.7. The van der Waals surface area contributed by atoms with Gasteiger partial charge in [0.2, 0.25) is 0 Å². The molecule has 0 fully saturated rings. The minimum atomic E-state index is -0.185. The second kappa shape index (κ2) is 12.9. The van der Waals surface area contributed by atoms with Crippen LogP contribution in [0, 0.1) is 0 Å². The predicted molar refractivity (Wildman–Crippen MR) is 237 cm³/mol. The molecule has 1 aliphatic heterocycles. The SMILES string of the molecule is C1=C(c2ccc3c(c2)oc2cc(-n4c5ccccc5c5ccccc54)ccc23)CCc2sc3cc(C4N=C(c5ccccc5)NC(c5ccccc5)N4)ccc3c21. The normalized spacial score (nSPS) is 16.9. The van der Waals surface area contributed by atoms with Crippen LogP contribution in [-0.4, -0.2) is 10.4 Å². The number of thiophene rings is 1. The number of allylic oxidation sites excluding steroid dienone is 1. The van der Waals surface area contributed by atoms with Crippen LogP contribution in [0.5, 0.6) is 0 Å². The van der Waals surface area contributed by atoms with Gasteiger partial charge in [-0.1, -0.05) is 115 Å². The molecule has 7 aromatic carbocycles. The molecule has 6 heteroatoms. The van der Waals surface area contributed by atoms with Crippen molar-refractivity contribution in [3.05, 3.63) is 196 Å². The molecule has 0 radical (unpaired) electrons. The summed E-state index contributed by atoms with van der Waals surface area (Å²) in [4.78, 5) is 6.64. The molecule has 2 N–H and O–H groups in total. The van der Waals surface area contributed by atoms with E-state index >= 15 is 0 Å². The highest BCUT2D eigenvalue weighted by Crippen LogP contribution is 2.43. The van der Waals surface area contributed by atoms with Crippen LogP contribution < -0.4 is 10.6 Å². The smallest absolute Gasteiger partial charge is 0.137 e. The lowest BCUT2D eigenvalue weighted by Gasteiger charge is -2.32. The van der Waals surface area contributed by atoms with Gasteiger partial charge < -0.3 is 14.3 Å². The summed E-state index contributed by atoms with van der Waals surface area (Å²) < 4.78 is 10.3. The molecular weight excluding hydrogens is 717 g/mol. The van der Waals surface area contributed by atoms with E-state index in [-0.39, 0.29) is 12.3 Å². The van der Waals surface area contributed by atoms with E-state index in [1.165, 1.54) is 59.0 Å². The van der Waals surface area contributed by atoms with Crippen molar-refractivity contribution in [1.29, 1.82) is 0 Å². The zero-order chi connectivity index (χ0) is 37.5. The first-order valence-corrected chi connectivity index (χ1v) is 20.5. The van der Waals surface area contributed by atoms with Crippen molar-refractivity contribution in [3.8, 4) is 5.69 Å². The second-order valence-electron chi connectivity index (χ2n) is 15.1. The minimum Gasteiger partial charge on any atom is -0.456 e. The highest BCUT2D eigenvalue weighted by molar-refractivity contribution is 7.19. The van der Waals surface area contributed by atoms with Crippen molar-refractivity contribution in [2.45, 2.75) is 25.2 Å². The van der Waals surface area contributed by atoms with Crippen LogP contribution in [-0.2, 0) is 6.42 Å². The summed E-state index contributed by atoms with van der Waals surface area (Å²) >= 11 is 1.92. The Balaban J connectivity index is 0.882. The highest BCUT2D eigenvalue weighted by atomic mass is 32.1. The van der Waals surface area contributed by atoms with Gasteiger partial charge in [0.15, 0.2) is 0 Å². The Kier molecular flexibility index (Phi) is 7.37. The third kappa shape index (κ3) is 5.36. The fraction of sp³-hybridized carbons (Fsp3) is 0.0784. The number of aryl methyl sites for hydroxylation is 1. The fourth-order valence-corrected chi connectivity index (χ4v) is 10.2. The third-order valence-corrected chi connectivity index (χ3v) is 13.0. The number of hydrogen-bond donors (Lipinski definition) is 2. The Morgan fingerprint density at radius 2 is 1.26 bits per heavy atom. The van der Waals surface area contributed by atoms with Gasteiger partial charge in [-0.3, -0.25) is 5.32 Å². The van der Waals surface area contributed by atoms with Crippen molar-refractivity contribution < 1.29 is 4.42 Å². The Labute approximate surface area is 333 Å². The van der Waals surface area contributed by atoms with E-state index in [0.29, 0.717) is 0 Å². The monoisotopic (exact) mass is 752 g/mol. The molecule has 0 spiro atoms. The first-order chi connectivity index (χ1) is 28.2. The number of rotatable bonds is 5. The second-order valence-corrected chi connectivity index (χ2v) is 16.3. The lowest BCUT2D eigenvalue weighted by Crippen LogP contribution is -2.44. The Bertz CT molecular complexity index is 3210. The summed E-state index contributed by atoms with van der Waals surface area (Å²) in [5.41, 5.74) is 12.7. The molecule has 5 nitrogen and oxygen atoms in total. The first-order valence-electron chi connectivity index (χ1n) is 19.6. The van der Waals surface area contributed by atoms with Crippen LogP contribution in [0.1, 0.15) is 51.4 Å². The standard InChI is InChI=1S/C51H36N4OS/c1-3-11-31(12-4-1)49-52-50(32-13-5-2-6-14-32)54-51(53-49)35-20-24-41-42-27-33(21-26-47(42)57-48(41)29-35)34-19-23-39-40-25-22-36(30-46(40)56-45(39)28-34)55-43-17-9-7-15-37(43)38-16-8-10-18-44(38)55/h1-20,22-25,27-30,49,51,53H,21,26H2,(H,52,54). The molecule has 57 heavy (non-hydrogen) atoms. The molecular formula is C51H36N4OS. The van der Waals surface area contributed by atoms with Gasteiger partial charge in [-0.15, -0.1) is 11.3 Å². The van der Waals surface area contributed by atoms with Crippen molar-refractivity contribution in [3.63, 3.8) is 0 Å². The Hall–Kier alpha value is -6.73. The molecule has 4 heterocycles. The number of fused-ring (bicyclic) bond motifs is 9. The molecule has 2 aliphatic rings. The van der Waals surface area contributed by atoms with E-state index in [0.717, 1.165) is 57.4 Å². The van der Waals surface area contributed by atoms with Crippen molar-refractivity contribution in [2.24, 2.45) is 4.99 Å². The topological polar surface area (TPSA) is 54.5 Å². The van der Waals surface area contributed by atoms with Crippen LogP contribution >= 0.6 is 11.3 Å². The molecule has 10 aromatic rings. The summed E-state index contributed by atoms with van der Waals surface area (Å²) in [5, 5.41) is 13.5. The van der Waals surface area contributed by atoms with Gasteiger partial charge in [0.25, 0.3) is 0 Å². The number of nitrogens with zero attached hydrogens (tertiary/aromatic N) is 2. The van der Waals surface area contributed by atoms with Crippen molar-refractivity contribution in [2.75, 3.05) is 0 Å². The van der Waals surface area contributed by atoms with Crippen LogP contribution in [0.4, 0.5) is 0 Å². The summed E-state index contributed by atoms with van der Waals surface area (Å²) in [6, 6.07) is 58.5. The Morgan fingerprint density at radius 3 is 2.05 bits per heavy atom. The zero-order valence-corrected chi connectivity index (χ0v) is 31.8. The number of aromatic nitrogens is 1. The van der Waals surface area contributed by atoms with Gasteiger partial charge in [0, 0.05) is 48.4 Å². The molecule has 2 unspecified atom stereocenters. The van der Waals surface area contributed by atoms with E-state index in [9.17, 15) is 0 Å². The average molecular weight is 753 g/mol. The largest absolute Gasteiger partial charge is 0.456 e. The summed E-state index contributed by atoms with van der Waals surface area (Å²) in [6.45, 7) is 0. The number of benzene rings is 7. The van der Waals surface area contributed by atoms with E-state index in [4.69, 9.17) is 9.41 Å². The van der Waals surface area contributed by atoms with Crippen LogP contribution in [0.25, 0.3) is 71.2 Å². The quantitative estimate of drug-likeness (QED) is 0.184. The summed E-state index contributed by atoms with van der Waals surface area (Å²) in [7, 11) is 0. The number of amidine groups is 1. The van der Waals surface area contributed by atoms with E-state index in [1.807, 2.05) is 17.4 Å². The van der Waals surface area contributed by atoms with E-state index in [1.54, 1.807) is 0 Å². The summed E-state index contributed by atoms with van der Waals surface area (Å²) in [6.07, 6.45) is 4.19. The van der Waals surface area contributed by atoms with Gasteiger partial charge in [-0.05, 0) is 94.6 Å². The first kappa shape index (κ1) is 32.5. The molecule has 0 amide bonds. The number of aliphatic imine (C=N–C) groups is 1. The van der Waals surface area contributed by atoms with Gasteiger partial charge in [-0.25, -0.2) is 4.99 Å². The maximum atomic E-state index is 6.65. The molecule has 3 aromatic heterocycles. The molecule has 272 valence electrons. The molecule has 0 bridgehead atoms. The van der Waals surface area contributed by atoms with Gasteiger partial charge in [-0.2, -0.15) is 0 Å². The fourth-order valence-electron chi connectivity index (χ4n) is 9.01. The molecule has 0 saturated heterocycles. The van der Waals surface area contributed by atoms with Crippen LogP contribution in [0.3, 0.4) is 0 Å². The lowest BCUT2D eigenvalue weighted by atomic mass is 9.91. The lowest BCUT2D eigenvalue weighted by molar-refractivity contribution is 0.409. The maximum Gasteiger partial charge on any atom is 0.137 e. The number of nitrogens with one attached hydrogen (secondary N) is 2. The van der Waals surface area contributed by atoms with Crippen LogP contribution in [0.15, 0.2) is 173 Å². The van der Waals surface area contributed by atoms with E-state index < -0.39 is 0 Å². The van der Waals surface area contributed by atoms with Gasteiger partial charge in [0.1, 0.15) is 29.3 Å². The molecule has 12 rings (SSSR count). The maximum absolute atomic E-state index is 6.65. The number of furan rings is 1. The number of para-hydroxylation sites is 2. The third-order valence-electron chi connectivity index (χ3n) is 11.8. The van der Waals surface area contributed by atoms with Gasteiger partial charge in [0.05, 0.1) is 11.0 Å². The van der Waals surface area contributed by atoms with Crippen LogP contribution in [0.2, 0.25) is 0 Å². The molecule has 1 aliphatic carbocycles. The van der Waals surface area contributed by atoms with E-state index in [2.05, 4.69) is 179 Å². The molecule has 2 atom stereocenters. The van der Waals surface area contributed by atoms with Crippen molar-refractivity contribution >= 4 is 82.7 Å². The highest BCUT2D eigenvalue weighted by Gasteiger charge is 2.26. The van der Waals surface area contributed by atoms with Crippen molar-refractivity contribution in [1.82, 2.24) is 15.2 Å². The van der Waals surface area contributed by atoms with Gasteiger partial charge >= 0.3 is 0 Å². The summed E-state index contributed by atoms with van der Waals surface area (Å²) in [5.74, 6) is 0.899. The zero-order valence-electron chi connectivity index (χ0n) is 30.9. The Morgan fingerprint density at radius 1 is 0.579 bits per heavy atom. The average Bonchev–Trinajstić information content (AvgIpc) is 3.95.